The van der Waals surface area contributed by atoms with E-state index in [-0.39, 0.29) is 0 Å². The summed E-state index contributed by atoms with van der Waals surface area (Å²) in [6.07, 6.45) is 9.68. The van der Waals surface area contributed by atoms with Gasteiger partial charge in [0.1, 0.15) is 5.75 Å². The second-order valence-electron chi connectivity index (χ2n) is 5.43. The Kier molecular flexibility index (Phi) is 5.02. The van der Waals surface area contributed by atoms with Crippen molar-refractivity contribution in [3.8, 4) is 17.1 Å². The average molecular weight is 328 g/mol. The summed E-state index contributed by atoms with van der Waals surface area (Å²) in [6.45, 7) is 2.62. The summed E-state index contributed by atoms with van der Waals surface area (Å²) in [5.74, 6) is 2.01. The number of rotatable bonds is 5. The van der Waals surface area contributed by atoms with Crippen molar-refractivity contribution in [3.05, 3.63) is 41.2 Å². The first-order chi connectivity index (χ1) is 11.3. The Morgan fingerprint density at radius 3 is 2.91 bits per heavy atom. The first-order valence-corrected chi connectivity index (χ1v) is 8.29. The van der Waals surface area contributed by atoms with E-state index in [2.05, 4.69) is 27.5 Å². The lowest BCUT2D eigenvalue weighted by Gasteiger charge is -2.12. The van der Waals surface area contributed by atoms with E-state index in [4.69, 9.17) is 17.0 Å². The van der Waals surface area contributed by atoms with Crippen LogP contribution in [0.15, 0.2) is 41.5 Å². The predicted octanol–water partition coefficient (Wildman–Crippen LogP) is 4.20. The zero-order valence-corrected chi connectivity index (χ0v) is 13.9. The highest BCUT2D eigenvalue weighted by Gasteiger charge is 2.10. The molecule has 1 aliphatic rings. The summed E-state index contributed by atoms with van der Waals surface area (Å²) < 4.78 is 7.65. The molecule has 1 atom stereocenters. The predicted molar refractivity (Wildman–Crippen MR) is 94.4 cm³/mol. The molecule has 1 N–H and O–H groups in total. The number of aromatic nitrogens is 3. The van der Waals surface area contributed by atoms with Gasteiger partial charge in [-0.2, -0.15) is 14.9 Å². The summed E-state index contributed by atoms with van der Waals surface area (Å²) in [5.41, 5.74) is 0.946. The molecule has 0 fully saturated rings. The molecule has 2 aromatic rings. The van der Waals surface area contributed by atoms with Crippen molar-refractivity contribution in [3.63, 3.8) is 0 Å². The van der Waals surface area contributed by atoms with E-state index in [0.29, 0.717) is 23.1 Å². The highest BCUT2D eigenvalue weighted by atomic mass is 32.1. The summed E-state index contributed by atoms with van der Waals surface area (Å²) in [4.78, 5) is 0. The van der Waals surface area contributed by atoms with Crippen LogP contribution in [0.5, 0.6) is 5.75 Å². The zero-order valence-electron chi connectivity index (χ0n) is 13.1. The Morgan fingerprint density at radius 2 is 2.22 bits per heavy atom. The van der Waals surface area contributed by atoms with Crippen LogP contribution < -0.4 is 4.74 Å². The molecular weight excluding hydrogens is 308 g/mol. The molecule has 0 radical (unpaired) electrons. The van der Waals surface area contributed by atoms with E-state index in [1.165, 1.54) is 0 Å². The molecule has 1 aliphatic carbocycles. The van der Waals surface area contributed by atoms with Gasteiger partial charge in [0.15, 0.2) is 5.82 Å². The molecule has 0 amide bonds. The number of allylic oxidation sites excluding steroid dienone is 2. The summed E-state index contributed by atoms with van der Waals surface area (Å²) in [5, 5.41) is 11.7. The number of nitrogens with one attached hydrogen (secondary N) is 1. The number of benzene rings is 1. The Morgan fingerprint density at radius 1 is 1.39 bits per heavy atom. The molecule has 6 heteroatoms. The van der Waals surface area contributed by atoms with Crippen LogP contribution in [0.2, 0.25) is 0 Å². The van der Waals surface area contributed by atoms with Gasteiger partial charge in [-0.1, -0.05) is 12.2 Å². The van der Waals surface area contributed by atoms with E-state index >= 15 is 0 Å². The SMILES string of the molecule is CCOc1ccc(-c2n[nH]c(=S)n2/N=C\[C@H]2CC=CCC2)cc1. The number of nitrogens with zero attached hydrogens (tertiary/aromatic N) is 3. The van der Waals surface area contributed by atoms with Crippen molar-refractivity contribution in [2.24, 2.45) is 11.0 Å². The van der Waals surface area contributed by atoms with Crippen LogP contribution in [-0.4, -0.2) is 27.7 Å². The molecule has 0 bridgehead atoms. The highest BCUT2D eigenvalue weighted by Crippen LogP contribution is 2.22. The van der Waals surface area contributed by atoms with Crippen LogP contribution >= 0.6 is 12.2 Å². The molecule has 0 saturated heterocycles. The van der Waals surface area contributed by atoms with Crippen molar-refractivity contribution in [2.45, 2.75) is 26.2 Å². The van der Waals surface area contributed by atoms with Gasteiger partial charge in [0.05, 0.1) is 6.61 Å². The number of hydrogen-bond donors (Lipinski definition) is 1. The van der Waals surface area contributed by atoms with Crippen LogP contribution in [0.1, 0.15) is 26.2 Å². The van der Waals surface area contributed by atoms with E-state index < -0.39 is 0 Å². The number of H-pyrrole nitrogens is 1. The number of hydrogen-bond acceptors (Lipinski definition) is 4. The minimum absolute atomic E-state index is 0.463. The smallest absolute Gasteiger partial charge is 0.216 e. The molecule has 0 spiro atoms. The quantitative estimate of drug-likeness (QED) is 0.508. The molecule has 0 aliphatic heterocycles. The standard InChI is InChI=1S/C17H20N4OS/c1-2-22-15-10-8-14(9-11-15)16-19-20-17(23)21(16)18-12-13-6-4-3-5-7-13/h3-4,8-13H,2,5-7H2,1H3,(H,20,23)/b18-12-/t13-/m0/s1. The van der Waals surface area contributed by atoms with Crippen molar-refractivity contribution in [2.75, 3.05) is 6.61 Å². The van der Waals surface area contributed by atoms with Gasteiger partial charge in [-0.15, -0.1) is 0 Å². The van der Waals surface area contributed by atoms with E-state index in [1.54, 1.807) is 4.68 Å². The molecule has 3 rings (SSSR count). The minimum Gasteiger partial charge on any atom is -0.494 e. The third-order valence-electron chi connectivity index (χ3n) is 3.78. The Balaban J connectivity index is 1.84. The van der Waals surface area contributed by atoms with Gasteiger partial charge < -0.3 is 4.74 Å². The Hall–Kier alpha value is -2.21. The summed E-state index contributed by atoms with van der Waals surface area (Å²) >= 11 is 5.30. The van der Waals surface area contributed by atoms with Gasteiger partial charge in [-0.05, 0) is 68.6 Å². The van der Waals surface area contributed by atoms with Gasteiger partial charge >= 0.3 is 0 Å². The lowest BCUT2D eigenvalue weighted by Crippen LogP contribution is -2.05. The molecule has 0 unspecified atom stereocenters. The molecule has 1 aromatic carbocycles. The molecule has 5 nitrogen and oxygen atoms in total. The van der Waals surface area contributed by atoms with Gasteiger partial charge in [-0.3, -0.25) is 0 Å². The van der Waals surface area contributed by atoms with Crippen LogP contribution in [0.4, 0.5) is 0 Å². The zero-order chi connectivity index (χ0) is 16.1. The summed E-state index contributed by atoms with van der Waals surface area (Å²) in [7, 11) is 0. The molecular formula is C17H20N4OS. The minimum atomic E-state index is 0.463. The molecule has 1 heterocycles. The lowest BCUT2D eigenvalue weighted by atomic mass is 9.96. The average Bonchev–Trinajstić information content (AvgIpc) is 2.96. The summed E-state index contributed by atoms with van der Waals surface area (Å²) in [6, 6.07) is 7.78. The highest BCUT2D eigenvalue weighted by molar-refractivity contribution is 7.71. The van der Waals surface area contributed by atoms with E-state index in [0.717, 1.165) is 30.6 Å². The Bertz CT molecular complexity index is 758. The fraction of sp³-hybridized carbons (Fsp3) is 0.353. The first-order valence-electron chi connectivity index (χ1n) is 7.88. The van der Waals surface area contributed by atoms with Crippen molar-refractivity contribution in [1.82, 2.24) is 14.9 Å². The Labute approximate surface area is 140 Å². The van der Waals surface area contributed by atoms with Crippen LogP contribution in [0, 0.1) is 10.7 Å². The molecule has 23 heavy (non-hydrogen) atoms. The normalized spacial score (nSPS) is 17.7. The maximum atomic E-state index is 5.47. The lowest BCUT2D eigenvalue weighted by molar-refractivity contribution is 0.340. The van der Waals surface area contributed by atoms with Crippen molar-refractivity contribution >= 4 is 18.4 Å². The van der Waals surface area contributed by atoms with Crippen LogP contribution in [0.25, 0.3) is 11.4 Å². The van der Waals surface area contributed by atoms with Crippen LogP contribution in [0.3, 0.4) is 0 Å². The van der Waals surface area contributed by atoms with Crippen molar-refractivity contribution < 1.29 is 4.74 Å². The van der Waals surface area contributed by atoms with Gasteiger partial charge in [0, 0.05) is 11.8 Å². The second-order valence-corrected chi connectivity index (χ2v) is 5.82. The molecule has 0 saturated carbocycles. The first kappa shape index (κ1) is 15.7. The fourth-order valence-corrected chi connectivity index (χ4v) is 2.75. The maximum Gasteiger partial charge on any atom is 0.216 e. The topological polar surface area (TPSA) is 55.2 Å². The van der Waals surface area contributed by atoms with E-state index in [9.17, 15) is 0 Å². The van der Waals surface area contributed by atoms with E-state index in [1.807, 2.05) is 37.4 Å². The largest absolute Gasteiger partial charge is 0.494 e. The second kappa shape index (κ2) is 7.37. The number of ether oxygens (including phenoxy) is 1. The van der Waals surface area contributed by atoms with Gasteiger partial charge in [0.25, 0.3) is 0 Å². The van der Waals surface area contributed by atoms with Crippen LogP contribution in [-0.2, 0) is 0 Å². The van der Waals surface area contributed by atoms with Gasteiger partial charge in [-0.25, -0.2) is 5.10 Å². The third-order valence-corrected chi connectivity index (χ3v) is 4.04. The fourth-order valence-electron chi connectivity index (χ4n) is 2.57. The van der Waals surface area contributed by atoms with Crippen molar-refractivity contribution in [1.29, 1.82) is 0 Å². The third kappa shape index (κ3) is 3.76. The maximum absolute atomic E-state index is 5.47. The molecule has 1 aromatic heterocycles. The van der Waals surface area contributed by atoms with Gasteiger partial charge in [0.2, 0.25) is 4.77 Å². The molecule has 120 valence electrons. The monoisotopic (exact) mass is 328 g/mol. The number of aromatic amines is 1.